The van der Waals surface area contributed by atoms with Gasteiger partial charge in [-0.2, -0.15) is 0 Å². The number of fused-ring (bicyclic) bond motifs is 1. The second kappa shape index (κ2) is 9.01. The first-order valence-corrected chi connectivity index (χ1v) is 10.5. The zero-order valence-electron chi connectivity index (χ0n) is 17.1. The highest BCUT2D eigenvalue weighted by Crippen LogP contribution is 2.29. The number of amides is 1. The van der Waals surface area contributed by atoms with Crippen molar-refractivity contribution in [3.05, 3.63) is 82.3 Å². The van der Waals surface area contributed by atoms with E-state index in [1.54, 1.807) is 24.8 Å². The molecule has 0 aliphatic carbocycles. The maximum absolute atomic E-state index is 12.6. The summed E-state index contributed by atoms with van der Waals surface area (Å²) in [6.45, 7) is 2.09. The third-order valence-corrected chi connectivity index (χ3v) is 5.64. The molecule has 0 saturated carbocycles. The van der Waals surface area contributed by atoms with Gasteiger partial charge in [-0.05, 0) is 30.7 Å². The van der Waals surface area contributed by atoms with Crippen LogP contribution in [0.15, 0.2) is 65.6 Å². The molecule has 0 fully saturated rings. The van der Waals surface area contributed by atoms with Crippen LogP contribution in [-0.2, 0) is 17.9 Å². The monoisotopic (exact) mass is 435 g/mol. The largest absolute Gasteiger partial charge is 0.497 e. The second-order valence-corrected chi connectivity index (χ2v) is 7.98. The summed E-state index contributed by atoms with van der Waals surface area (Å²) in [4.78, 5) is 29.3. The highest BCUT2D eigenvalue weighted by atomic mass is 32.1. The molecule has 0 radical (unpaired) electrons. The highest BCUT2D eigenvalue weighted by molar-refractivity contribution is 7.22. The number of hydrogen-bond donors (Lipinski definition) is 1. The van der Waals surface area contributed by atoms with Crippen molar-refractivity contribution in [3.63, 3.8) is 0 Å². The number of hydrogen-bond acceptors (Lipinski definition) is 6. The Morgan fingerprint density at radius 3 is 2.74 bits per heavy atom. The van der Waals surface area contributed by atoms with Gasteiger partial charge in [-0.1, -0.05) is 41.7 Å². The van der Waals surface area contributed by atoms with E-state index in [9.17, 15) is 9.59 Å². The minimum absolute atomic E-state index is 0.0348. The smallest absolute Gasteiger partial charge is 0.246 e. The van der Waals surface area contributed by atoms with Gasteiger partial charge in [0.1, 0.15) is 18.9 Å². The normalized spacial score (nSPS) is 10.8. The molecule has 0 atom stereocenters. The topological polar surface area (TPSA) is 82.4 Å². The van der Waals surface area contributed by atoms with Crippen LogP contribution in [0.1, 0.15) is 11.3 Å². The molecule has 0 saturated heterocycles. The summed E-state index contributed by atoms with van der Waals surface area (Å²) in [6, 6.07) is 16.6. The Hall–Kier alpha value is -3.65. The molecule has 0 spiro atoms. The molecule has 0 bridgehead atoms. The molecule has 1 N–H and O–H groups in total. The van der Waals surface area contributed by atoms with E-state index in [1.807, 2.05) is 48.5 Å². The van der Waals surface area contributed by atoms with Gasteiger partial charge in [0.25, 0.3) is 0 Å². The van der Waals surface area contributed by atoms with Gasteiger partial charge < -0.3 is 19.4 Å². The van der Waals surface area contributed by atoms with E-state index in [0.717, 1.165) is 21.5 Å². The molecular weight excluding hydrogens is 414 g/mol. The predicted molar refractivity (Wildman–Crippen MR) is 121 cm³/mol. The van der Waals surface area contributed by atoms with Crippen LogP contribution in [-0.4, -0.2) is 22.6 Å². The number of thiazole rings is 1. The van der Waals surface area contributed by atoms with Crippen molar-refractivity contribution >= 4 is 32.6 Å². The van der Waals surface area contributed by atoms with E-state index in [0.29, 0.717) is 10.8 Å². The van der Waals surface area contributed by atoms with Crippen LogP contribution in [0, 0.1) is 6.92 Å². The number of pyridine rings is 1. The third kappa shape index (κ3) is 4.92. The molecule has 0 aliphatic rings. The maximum Gasteiger partial charge on any atom is 0.246 e. The number of aromatic nitrogens is 2. The van der Waals surface area contributed by atoms with Crippen LogP contribution in [0.4, 0.5) is 5.13 Å². The zero-order chi connectivity index (χ0) is 21.8. The van der Waals surface area contributed by atoms with Gasteiger partial charge in [0.15, 0.2) is 10.9 Å². The Labute approximate surface area is 182 Å². The molecule has 2 heterocycles. The molecule has 4 rings (SSSR count). The van der Waals surface area contributed by atoms with Crippen LogP contribution in [0.5, 0.6) is 11.5 Å². The lowest BCUT2D eigenvalue weighted by molar-refractivity contribution is -0.116. The van der Waals surface area contributed by atoms with Crippen molar-refractivity contribution in [1.29, 1.82) is 0 Å². The molecule has 0 unspecified atom stereocenters. The molecular formula is C23H21N3O4S. The minimum Gasteiger partial charge on any atom is -0.497 e. The molecule has 2 aromatic heterocycles. The van der Waals surface area contributed by atoms with Crippen molar-refractivity contribution in [2.45, 2.75) is 20.1 Å². The van der Waals surface area contributed by atoms with Crippen molar-refractivity contribution in [1.82, 2.24) is 9.55 Å². The molecule has 1 amide bonds. The lowest BCUT2D eigenvalue weighted by atomic mass is 10.2. The molecule has 2 aromatic carbocycles. The number of rotatable bonds is 7. The fourth-order valence-electron chi connectivity index (χ4n) is 3.06. The van der Waals surface area contributed by atoms with Crippen molar-refractivity contribution in [2.24, 2.45) is 0 Å². The number of carbonyl (C=O) groups is 1. The zero-order valence-corrected chi connectivity index (χ0v) is 17.9. The number of anilines is 1. The summed E-state index contributed by atoms with van der Waals surface area (Å²) in [7, 11) is 1.61. The lowest BCUT2D eigenvalue weighted by Gasteiger charge is -2.13. The predicted octanol–water partition coefficient (Wildman–Crippen LogP) is 3.99. The van der Waals surface area contributed by atoms with E-state index >= 15 is 0 Å². The molecule has 31 heavy (non-hydrogen) atoms. The van der Waals surface area contributed by atoms with Gasteiger partial charge in [0.05, 0.1) is 23.5 Å². The summed E-state index contributed by atoms with van der Waals surface area (Å²) >= 11 is 1.37. The fraction of sp³-hybridized carbons (Fsp3) is 0.174. The van der Waals surface area contributed by atoms with Crippen LogP contribution in [0.2, 0.25) is 0 Å². The van der Waals surface area contributed by atoms with Gasteiger partial charge >= 0.3 is 0 Å². The van der Waals surface area contributed by atoms with Gasteiger partial charge in [0.2, 0.25) is 11.3 Å². The average Bonchev–Trinajstić information content (AvgIpc) is 3.16. The maximum atomic E-state index is 12.6. The Morgan fingerprint density at radius 2 is 1.97 bits per heavy atom. The van der Waals surface area contributed by atoms with E-state index in [1.165, 1.54) is 17.4 Å². The van der Waals surface area contributed by atoms with Gasteiger partial charge in [-0.3, -0.25) is 9.59 Å². The quantitative estimate of drug-likeness (QED) is 0.475. The standard InChI is InChI=1S/C23H21N3O4S/c1-15-10-19(27)20(30-14-16-6-4-3-5-7-16)12-26(15)13-22(28)25-23-24-18-9-8-17(29-2)11-21(18)31-23/h3-12H,13-14H2,1-2H3,(H,24,25,28). The van der Waals surface area contributed by atoms with E-state index in [2.05, 4.69) is 10.3 Å². The average molecular weight is 436 g/mol. The lowest BCUT2D eigenvalue weighted by Crippen LogP contribution is -2.22. The summed E-state index contributed by atoms with van der Waals surface area (Å²) in [5, 5.41) is 3.33. The molecule has 8 heteroatoms. The van der Waals surface area contributed by atoms with Crippen LogP contribution >= 0.6 is 11.3 Å². The Bertz CT molecular complexity index is 1280. The van der Waals surface area contributed by atoms with Crippen LogP contribution < -0.4 is 20.2 Å². The number of methoxy groups -OCH3 is 1. The molecule has 158 valence electrons. The van der Waals surface area contributed by atoms with Crippen LogP contribution in [0.3, 0.4) is 0 Å². The third-order valence-electron chi connectivity index (χ3n) is 4.70. The SMILES string of the molecule is COc1ccc2nc(NC(=O)Cn3cc(OCc4ccccc4)c(=O)cc3C)sc2c1. The number of aryl methyl sites for hydroxylation is 1. The van der Waals surface area contributed by atoms with Crippen molar-refractivity contribution in [2.75, 3.05) is 12.4 Å². The fourth-order valence-corrected chi connectivity index (χ4v) is 3.97. The Kier molecular flexibility index (Phi) is 5.99. The van der Waals surface area contributed by atoms with Crippen LogP contribution in [0.25, 0.3) is 10.2 Å². The summed E-state index contributed by atoms with van der Waals surface area (Å²) in [6.07, 6.45) is 1.57. The second-order valence-electron chi connectivity index (χ2n) is 6.95. The van der Waals surface area contributed by atoms with E-state index in [4.69, 9.17) is 9.47 Å². The number of carbonyl (C=O) groups excluding carboxylic acids is 1. The number of benzene rings is 2. The Balaban J connectivity index is 1.46. The number of ether oxygens (including phenoxy) is 2. The molecule has 4 aromatic rings. The number of nitrogens with zero attached hydrogens (tertiary/aromatic N) is 2. The Morgan fingerprint density at radius 1 is 1.16 bits per heavy atom. The first-order chi connectivity index (χ1) is 15.0. The van der Waals surface area contributed by atoms with Crippen molar-refractivity contribution < 1.29 is 14.3 Å². The first-order valence-electron chi connectivity index (χ1n) is 9.64. The highest BCUT2D eigenvalue weighted by Gasteiger charge is 2.12. The summed E-state index contributed by atoms with van der Waals surface area (Å²) in [5.74, 6) is 0.696. The van der Waals surface area contributed by atoms with E-state index in [-0.39, 0.29) is 30.2 Å². The summed E-state index contributed by atoms with van der Waals surface area (Å²) in [5.41, 5.74) is 2.20. The minimum atomic E-state index is -0.244. The van der Waals surface area contributed by atoms with E-state index < -0.39 is 0 Å². The summed E-state index contributed by atoms with van der Waals surface area (Å²) < 4.78 is 13.5. The van der Waals surface area contributed by atoms with Crippen molar-refractivity contribution in [3.8, 4) is 11.5 Å². The number of nitrogens with one attached hydrogen (secondary N) is 1. The first kappa shape index (κ1) is 20.6. The van der Waals surface area contributed by atoms with Gasteiger partial charge in [-0.25, -0.2) is 4.98 Å². The van der Waals surface area contributed by atoms with Gasteiger partial charge in [0, 0.05) is 11.8 Å². The molecule has 0 aliphatic heterocycles. The molecule has 7 nitrogen and oxygen atoms in total. The van der Waals surface area contributed by atoms with Gasteiger partial charge in [-0.15, -0.1) is 0 Å².